The van der Waals surface area contributed by atoms with Crippen molar-refractivity contribution in [3.63, 3.8) is 0 Å². The van der Waals surface area contributed by atoms with E-state index < -0.39 is 0 Å². The summed E-state index contributed by atoms with van der Waals surface area (Å²) in [7, 11) is 0. The highest BCUT2D eigenvalue weighted by atomic mass is 15.3. The first-order chi connectivity index (χ1) is 10.6. The summed E-state index contributed by atoms with van der Waals surface area (Å²) in [5.41, 5.74) is 10.1. The normalized spacial score (nSPS) is 14.4. The topological polar surface area (TPSA) is 80.5 Å². The molecule has 112 valence electrons. The maximum Gasteiger partial charge on any atom is 0.142 e. The van der Waals surface area contributed by atoms with Gasteiger partial charge >= 0.3 is 0 Å². The zero-order chi connectivity index (χ0) is 15.7. The molecule has 3 rings (SSSR count). The second-order valence-electron chi connectivity index (χ2n) is 5.73. The van der Waals surface area contributed by atoms with Crippen molar-refractivity contribution in [2.75, 3.05) is 5.73 Å². The molecule has 0 bridgehead atoms. The first-order valence-electron chi connectivity index (χ1n) is 7.50. The number of hydrogen-bond acceptors (Lipinski definition) is 4. The Hall–Kier alpha value is -2.61. The minimum absolute atomic E-state index is 0.317. The molecule has 0 amide bonds. The lowest BCUT2D eigenvalue weighted by Gasteiger charge is -2.25. The van der Waals surface area contributed by atoms with Crippen molar-refractivity contribution in [2.45, 2.75) is 38.6 Å². The van der Waals surface area contributed by atoms with Crippen molar-refractivity contribution in [1.29, 1.82) is 5.26 Å². The maximum absolute atomic E-state index is 9.45. The molecule has 0 unspecified atom stereocenters. The van der Waals surface area contributed by atoms with Crippen LogP contribution in [0.25, 0.3) is 11.1 Å². The van der Waals surface area contributed by atoms with Crippen LogP contribution in [0.1, 0.15) is 42.1 Å². The molecular formula is C17H19N5. The van der Waals surface area contributed by atoms with E-state index in [1.54, 1.807) is 6.08 Å². The highest BCUT2D eigenvalue weighted by Crippen LogP contribution is 2.39. The Morgan fingerprint density at radius 2 is 2.27 bits per heavy atom. The molecule has 1 aliphatic rings. The number of pyridine rings is 1. The fraction of sp³-hybridized carbons (Fsp3) is 0.353. The zero-order valence-corrected chi connectivity index (χ0v) is 12.7. The SMILES string of the molecule is C=CCn1cc(-c2cc(C3CCC3)nc(N)c2C#N)c(C)n1. The Labute approximate surface area is 130 Å². The van der Waals surface area contributed by atoms with E-state index in [-0.39, 0.29) is 0 Å². The van der Waals surface area contributed by atoms with E-state index in [9.17, 15) is 5.26 Å². The zero-order valence-electron chi connectivity index (χ0n) is 12.7. The number of aryl methyl sites for hydroxylation is 1. The van der Waals surface area contributed by atoms with Gasteiger partial charge in [-0.1, -0.05) is 12.5 Å². The summed E-state index contributed by atoms with van der Waals surface area (Å²) in [4.78, 5) is 4.44. The Morgan fingerprint density at radius 1 is 1.50 bits per heavy atom. The van der Waals surface area contributed by atoms with E-state index in [1.165, 1.54) is 6.42 Å². The molecule has 1 aliphatic carbocycles. The molecule has 2 heterocycles. The molecule has 5 heteroatoms. The van der Waals surface area contributed by atoms with Crippen LogP contribution in [-0.2, 0) is 6.54 Å². The van der Waals surface area contributed by atoms with Crippen molar-refractivity contribution in [3.8, 4) is 17.2 Å². The second-order valence-corrected chi connectivity index (χ2v) is 5.73. The molecule has 0 radical (unpaired) electrons. The second kappa shape index (κ2) is 5.64. The summed E-state index contributed by atoms with van der Waals surface area (Å²) < 4.78 is 1.82. The van der Waals surface area contributed by atoms with Crippen LogP contribution in [0.2, 0.25) is 0 Å². The molecule has 0 spiro atoms. The Balaban J connectivity index is 2.13. The number of rotatable bonds is 4. The van der Waals surface area contributed by atoms with Gasteiger partial charge in [-0.25, -0.2) is 4.98 Å². The van der Waals surface area contributed by atoms with Crippen molar-refractivity contribution in [1.82, 2.24) is 14.8 Å². The van der Waals surface area contributed by atoms with Crippen LogP contribution >= 0.6 is 0 Å². The number of nitrogen functional groups attached to an aromatic ring is 1. The third-order valence-corrected chi connectivity index (χ3v) is 4.26. The number of nitrogens with two attached hydrogens (primary N) is 1. The van der Waals surface area contributed by atoms with Crippen molar-refractivity contribution >= 4 is 5.82 Å². The fourth-order valence-electron chi connectivity index (χ4n) is 2.84. The molecule has 1 saturated carbocycles. The summed E-state index contributed by atoms with van der Waals surface area (Å²) >= 11 is 0. The van der Waals surface area contributed by atoms with Gasteiger partial charge in [0, 0.05) is 28.9 Å². The fourth-order valence-corrected chi connectivity index (χ4v) is 2.84. The number of aromatic nitrogens is 3. The van der Waals surface area contributed by atoms with Crippen LogP contribution < -0.4 is 5.73 Å². The number of hydrogen-bond donors (Lipinski definition) is 1. The lowest BCUT2D eigenvalue weighted by atomic mass is 9.81. The van der Waals surface area contributed by atoms with Crippen molar-refractivity contribution in [2.24, 2.45) is 0 Å². The number of nitrogens with zero attached hydrogens (tertiary/aromatic N) is 4. The highest BCUT2D eigenvalue weighted by Gasteiger charge is 2.24. The summed E-state index contributed by atoms with van der Waals surface area (Å²) in [6.45, 7) is 6.31. The summed E-state index contributed by atoms with van der Waals surface area (Å²) in [6, 6.07) is 4.20. The van der Waals surface area contributed by atoms with Gasteiger partial charge < -0.3 is 5.73 Å². The largest absolute Gasteiger partial charge is 0.383 e. The smallest absolute Gasteiger partial charge is 0.142 e. The standard InChI is InChI=1S/C17H19N5/c1-3-7-22-10-15(11(2)21-22)13-8-16(12-5-4-6-12)20-17(19)14(13)9-18/h3,8,10,12H,1,4-7H2,2H3,(H2,19,20). The molecular weight excluding hydrogens is 274 g/mol. The average Bonchev–Trinajstić information content (AvgIpc) is 2.77. The van der Waals surface area contributed by atoms with Gasteiger partial charge in [-0.15, -0.1) is 6.58 Å². The monoisotopic (exact) mass is 293 g/mol. The summed E-state index contributed by atoms with van der Waals surface area (Å²) in [5, 5.41) is 13.9. The predicted molar refractivity (Wildman–Crippen MR) is 86.1 cm³/mol. The molecule has 0 saturated heterocycles. The highest BCUT2D eigenvalue weighted by molar-refractivity contribution is 5.76. The molecule has 2 N–H and O–H groups in total. The predicted octanol–water partition coefficient (Wildman–Crippen LogP) is 3.16. The van der Waals surface area contributed by atoms with Gasteiger partial charge in [0.15, 0.2) is 0 Å². The Kier molecular flexibility index (Phi) is 3.68. The van der Waals surface area contributed by atoms with Crippen molar-refractivity contribution in [3.05, 3.63) is 41.9 Å². The lowest BCUT2D eigenvalue weighted by molar-refractivity contribution is 0.411. The van der Waals surface area contributed by atoms with Gasteiger partial charge in [0.2, 0.25) is 0 Å². The number of anilines is 1. The van der Waals surface area contributed by atoms with Gasteiger partial charge in [0.25, 0.3) is 0 Å². The third-order valence-electron chi connectivity index (χ3n) is 4.26. The summed E-state index contributed by atoms with van der Waals surface area (Å²) in [5.74, 6) is 0.787. The van der Waals surface area contributed by atoms with Crippen molar-refractivity contribution < 1.29 is 0 Å². The summed E-state index contributed by atoms with van der Waals surface area (Å²) in [6.07, 6.45) is 7.26. The van der Waals surface area contributed by atoms with Crippen LogP contribution in [0.15, 0.2) is 24.9 Å². The molecule has 0 aromatic carbocycles. The van der Waals surface area contributed by atoms with E-state index in [0.717, 1.165) is 35.4 Å². The number of nitriles is 1. The van der Waals surface area contributed by atoms with Crippen LogP contribution in [-0.4, -0.2) is 14.8 Å². The van der Waals surface area contributed by atoms with Crippen LogP contribution in [0.4, 0.5) is 5.82 Å². The van der Waals surface area contributed by atoms with E-state index in [2.05, 4.69) is 22.7 Å². The van der Waals surface area contributed by atoms with Crippen LogP contribution in [0.3, 0.4) is 0 Å². The quantitative estimate of drug-likeness (QED) is 0.878. The lowest BCUT2D eigenvalue weighted by Crippen LogP contribution is -2.12. The molecule has 0 atom stereocenters. The number of allylic oxidation sites excluding steroid dienone is 1. The molecule has 2 aromatic rings. The van der Waals surface area contributed by atoms with Gasteiger partial charge in [0.1, 0.15) is 17.5 Å². The van der Waals surface area contributed by atoms with E-state index in [1.807, 2.05) is 23.9 Å². The Bertz CT molecular complexity index is 762. The van der Waals surface area contributed by atoms with Crippen LogP contribution in [0, 0.1) is 18.3 Å². The third kappa shape index (κ3) is 2.37. The Morgan fingerprint density at radius 3 is 2.86 bits per heavy atom. The van der Waals surface area contributed by atoms with E-state index in [4.69, 9.17) is 5.73 Å². The van der Waals surface area contributed by atoms with E-state index >= 15 is 0 Å². The first kappa shape index (κ1) is 14.3. The molecule has 2 aromatic heterocycles. The van der Waals surface area contributed by atoms with Crippen LogP contribution in [0.5, 0.6) is 0 Å². The average molecular weight is 293 g/mol. The minimum Gasteiger partial charge on any atom is -0.383 e. The van der Waals surface area contributed by atoms with Gasteiger partial charge in [-0.3, -0.25) is 4.68 Å². The van der Waals surface area contributed by atoms with Gasteiger partial charge in [0.05, 0.1) is 12.2 Å². The van der Waals surface area contributed by atoms with E-state index in [0.29, 0.717) is 23.8 Å². The van der Waals surface area contributed by atoms with Gasteiger partial charge in [-0.05, 0) is 25.8 Å². The molecule has 1 fully saturated rings. The maximum atomic E-state index is 9.45. The minimum atomic E-state index is 0.317. The van der Waals surface area contributed by atoms with Gasteiger partial charge in [-0.2, -0.15) is 10.4 Å². The molecule has 22 heavy (non-hydrogen) atoms. The molecule has 5 nitrogen and oxygen atoms in total. The first-order valence-corrected chi connectivity index (χ1v) is 7.50. The molecule has 0 aliphatic heterocycles.